The summed E-state index contributed by atoms with van der Waals surface area (Å²) in [5, 5.41) is 10.6. The van der Waals surface area contributed by atoms with Crippen LogP contribution in [0.2, 0.25) is 0 Å². The molecule has 0 aromatic carbocycles. The third-order valence-corrected chi connectivity index (χ3v) is 8.99. The molecule has 0 radical (unpaired) electrons. The maximum absolute atomic E-state index is 13.1. The summed E-state index contributed by atoms with van der Waals surface area (Å²) in [5.74, 6) is -4.23. The van der Waals surface area contributed by atoms with Gasteiger partial charge in [-0.3, -0.25) is 38.8 Å². The number of guanidine groups is 2. The van der Waals surface area contributed by atoms with Crippen LogP contribution < -0.4 is 44.2 Å². The Morgan fingerprint density at radius 2 is 1.02 bits per heavy atom. The third kappa shape index (κ3) is 17.2. The molecule has 0 spiro atoms. The molecular formula is C34H58N12O10. The molecule has 22 nitrogen and oxygen atoms in total. The molecule has 2 saturated heterocycles. The summed E-state index contributed by atoms with van der Waals surface area (Å²) in [5.41, 5.74) is 21.2. The van der Waals surface area contributed by atoms with Gasteiger partial charge in [-0.2, -0.15) is 0 Å². The van der Waals surface area contributed by atoms with E-state index in [4.69, 9.17) is 32.4 Å². The number of esters is 2. The van der Waals surface area contributed by atoms with Gasteiger partial charge in [0.2, 0.25) is 35.4 Å². The number of ether oxygens (including phenoxy) is 2. The molecule has 6 amide bonds. The molecule has 0 saturated carbocycles. The molecule has 2 unspecified atom stereocenters. The molecule has 0 aromatic rings. The van der Waals surface area contributed by atoms with Crippen molar-refractivity contribution in [1.82, 2.24) is 31.1 Å². The Kier molecular flexibility index (Phi) is 20.5. The van der Waals surface area contributed by atoms with Gasteiger partial charge in [0.25, 0.3) is 0 Å². The number of nitrogens with zero attached hydrogens (tertiary/aromatic N) is 4. The number of nitrogens with two attached hydrogens (primary N) is 4. The number of nitrogens with one attached hydrogen (secondary N) is 4. The predicted molar refractivity (Wildman–Crippen MR) is 202 cm³/mol. The average Bonchev–Trinajstić information content (AvgIpc) is 3.15. The Bertz CT molecular complexity index is 1340. The molecule has 2 heterocycles. The van der Waals surface area contributed by atoms with Crippen LogP contribution in [0, 0.1) is 0 Å². The highest BCUT2D eigenvalue weighted by Gasteiger charge is 2.33. The molecular weight excluding hydrogens is 736 g/mol. The highest BCUT2D eigenvalue weighted by molar-refractivity contribution is 5.93. The second-order valence-electron chi connectivity index (χ2n) is 13.4. The van der Waals surface area contributed by atoms with Crippen LogP contribution in [0.15, 0.2) is 9.98 Å². The van der Waals surface area contributed by atoms with Crippen molar-refractivity contribution >= 4 is 59.3 Å². The highest BCUT2D eigenvalue weighted by Crippen LogP contribution is 2.15. The van der Waals surface area contributed by atoms with E-state index < -0.39 is 59.7 Å². The van der Waals surface area contributed by atoms with Crippen LogP contribution in [-0.4, -0.2) is 147 Å². The van der Waals surface area contributed by atoms with Crippen molar-refractivity contribution in [3.63, 3.8) is 0 Å². The number of likely N-dealkylation sites (tertiary alicyclic amines) is 2. The maximum atomic E-state index is 13.1. The number of rotatable bonds is 23. The zero-order valence-corrected chi connectivity index (χ0v) is 32.2. The van der Waals surface area contributed by atoms with Gasteiger partial charge in [0.15, 0.2) is 11.9 Å². The van der Waals surface area contributed by atoms with Crippen molar-refractivity contribution in [3.05, 3.63) is 0 Å². The van der Waals surface area contributed by atoms with E-state index in [1.54, 1.807) is 0 Å². The van der Waals surface area contributed by atoms with E-state index in [2.05, 4.69) is 31.3 Å². The molecule has 22 heteroatoms. The smallest absolute Gasteiger partial charge is 0.328 e. The van der Waals surface area contributed by atoms with Gasteiger partial charge in [0, 0.05) is 39.0 Å². The summed E-state index contributed by atoms with van der Waals surface area (Å²) >= 11 is 0. The van der Waals surface area contributed by atoms with Crippen molar-refractivity contribution in [3.8, 4) is 0 Å². The number of carbonyl (C=O) groups is 8. The molecule has 0 aliphatic carbocycles. The Labute approximate surface area is 325 Å². The number of hydrogen-bond donors (Lipinski definition) is 8. The summed E-state index contributed by atoms with van der Waals surface area (Å²) in [6, 6.07) is -3.56. The molecule has 2 aliphatic rings. The van der Waals surface area contributed by atoms with Crippen molar-refractivity contribution < 1.29 is 47.8 Å². The number of piperidine rings is 2. The van der Waals surface area contributed by atoms with Gasteiger partial charge in [0.05, 0.1) is 27.3 Å². The highest BCUT2D eigenvalue weighted by atomic mass is 16.5. The lowest BCUT2D eigenvalue weighted by atomic mass is 10.0. The van der Waals surface area contributed by atoms with Gasteiger partial charge in [-0.1, -0.05) is 0 Å². The summed E-state index contributed by atoms with van der Waals surface area (Å²) in [4.78, 5) is 112. The fraction of sp³-hybridized carbons (Fsp3) is 0.706. The van der Waals surface area contributed by atoms with E-state index in [1.165, 1.54) is 24.0 Å². The van der Waals surface area contributed by atoms with E-state index in [0.717, 1.165) is 0 Å². The van der Waals surface area contributed by atoms with Crippen molar-refractivity contribution in [1.29, 1.82) is 0 Å². The number of unbranched alkanes of at least 4 members (excludes halogenated alkanes) is 1. The van der Waals surface area contributed by atoms with E-state index >= 15 is 0 Å². The van der Waals surface area contributed by atoms with Gasteiger partial charge in [-0.05, 0) is 64.2 Å². The topological polar surface area (TPSA) is 338 Å². The van der Waals surface area contributed by atoms with E-state index in [1.807, 2.05) is 0 Å². The maximum Gasteiger partial charge on any atom is 0.328 e. The van der Waals surface area contributed by atoms with Gasteiger partial charge in [-0.25, -0.2) is 9.59 Å². The van der Waals surface area contributed by atoms with Crippen molar-refractivity contribution in [2.45, 2.75) is 101 Å². The van der Waals surface area contributed by atoms with Crippen LogP contribution >= 0.6 is 0 Å². The Morgan fingerprint density at radius 1 is 0.643 bits per heavy atom. The number of amides is 6. The zero-order valence-electron chi connectivity index (χ0n) is 32.2. The standard InChI is InChI=1S/C34H58N12O10/c1-55-31(53)23(9-5-15-39-33(35)36)43-27(49)19-45-17-7-11-21(29(45)51)41-25(47)13-3-4-14-26(48)42-22-12-8-18-46(30(22)52)20-28(50)44-24(32(54)56-2)10-6-16-40-34(37)38/h21-24H,3-20H2,1-2H3,(H,41,47)(H,42,48)(H,43,49)(H,44,50)(H4,35,36,39)(H4,37,38,40)/t21?,22?,23-,24-/m0/s1. The second-order valence-corrected chi connectivity index (χ2v) is 13.4. The second kappa shape index (κ2) is 24.7. The fourth-order valence-corrected chi connectivity index (χ4v) is 6.18. The van der Waals surface area contributed by atoms with Crippen molar-refractivity contribution in [2.75, 3.05) is 53.5 Å². The first-order chi connectivity index (χ1) is 26.6. The average molecular weight is 795 g/mol. The van der Waals surface area contributed by atoms with E-state index in [-0.39, 0.29) is 75.6 Å². The number of methoxy groups -OCH3 is 2. The first-order valence-electron chi connectivity index (χ1n) is 18.7. The number of hydrogen-bond acceptors (Lipinski definition) is 12. The Balaban J connectivity index is 1.75. The van der Waals surface area contributed by atoms with Crippen LogP contribution in [0.5, 0.6) is 0 Å². The molecule has 4 atom stereocenters. The van der Waals surface area contributed by atoms with Crippen LogP contribution in [-0.2, 0) is 47.8 Å². The first-order valence-corrected chi connectivity index (χ1v) is 18.7. The molecule has 2 fully saturated rings. The molecule has 2 rings (SSSR count). The normalized spacial score (nSPS) is 17.8. The SMILES string of the molecule is COC(=O)[C@H](CCCN=C(N)N)NC(=O)CN1CCCC(NC(=O)CCCCC(=O)NC2CCCN(CC(=O)N[C@@H](CCCN=C(N)N)C(=O)OC)C2=O)C1=O. The minimum absolute atomic E-state index is 0.0459. The quantitative estimate of drug-likeness (QED) is 0.0213. The summed E-state index contributed by atoms with van der Waals surface area (Å²) in [7, 11) is 2.39. The van der Waals surface area contributed by atoms with Gasteiger partial charge in [0.1, 0.15) is 24.2 Å². The van der Waals surface area contributed by atoms with Gasteiger partial charge >= 0.3 is 11.9 Å². The lowest BCUT2D eigenvalue weighted by Crippen LogP contribution is -2.55. The van der Waals surface area contributed by atoms with Crippen LogP contribution in [0.25, 0.3) is 0 Å². The molecule has 12 N–H and O–H groups in total. The summed E-state index contributed by atoms with van der Waals surface area (Å²) in [6.07, 6.45) is 3.85. The zero-order chi connectivity index (χ0) is 41.6. The van der Waals surface area contributed by atoms with Crippen LogP contribution in [0.3, 0.4) is 0 Å². The van der Waals surface area contributed by atoms with Gasteiger partial charge < -0.3 is 63.5 Å². The molecule has 314 valence electrons. The predicted octanol–water partition coefficient (Wildman–Crippen LogP) is -3.82. The Hall–Kier alpha value is -5.70. The monoisotopic (exact) mass is 794 g/mol. The molecule has 2 aliphatic heterocycles. The number of carbonyl (C=O) groups excluding carboxylic acids is 8. The fourth-order valence-electron chi connectivity index (χ4n) is 6.18. The molecule has 0 bridgehead atoms. The van der Waals surface area contributed by atoms with Crippen molar-refractivity contribution in [2.24, 2.45) is 32.9 Å². The minimum Gasteiger partial charge on any atom is -0.467 e. The van der Waals surface area contributed by atoms with Crippen LogP contribution in [0.4, 0.5) is 0 Å². The first kappa shape index (κ1) is 46.5. The minimum atomic E-state index is -0.954. The van der Waals surface area contributed by atoms with E-state index in [9.17, 15) is 38.4 Å². The Morgan fingerprint density at radius 3 is 1.36 bits per heavy atom. The lowest BCUT2D eigenvalue weighted by Gasteiger charge is -2.32. The third-order valence-electron chi connectivity index (χ3n) is 8.99. The van der Waals surface area contributed by atoms with Crippen LogP contribution in [0.1, 0.15) is 77.0 Å². The molecule has 56 heavy (non-hydrogen) atoms. The van der Waals surface area contributed by atoms with E-state index in [0.29, 0.717) is 64.5 Å². The largest absolute Gasteiger partial charge is 0.467 e. The number of aliphatic imine (C=N–C) groups is 2. The summed E-state index contributed by atoms with van der Waals surface area (Å²) in [6.45, 7) is 0.485. The van der Waals surface area contributed by atoms with Gasteiger partial charge in [-0.15, -0.1) is 0 Å². The summed E-state index contributed by atoms with van der Waals surface area (Å²) < 4.78 is 9.54. The lowest BCUT2D eigenvalue weighted by molar-refractivity contribution is -0.147. The molecule has 0 aromatic heterocycles.